The van der Waals surface area contributed by atoms with Crippen LogP contribution in [-0.4, -0.2) is 64.0 Å². The molecule has 2 unspecified atom stereocenters. The van der Waals surface area contributed by atoms with Crippen molar-refractivity contribution in [3.05, 3.63) is 41.2 Å². The quantitative estimate of drug-likeness (QED) is 0.660. The van der Waals surface area contributed by atoms with E-state index in [2.05, 4.69) is 26.9 Å². The Morgan fingerprint density at radius 1 is 0.967 bits per heavy atom. The zero-order valence-electron chi connectivity index (χ0n) is 17.6. The van der Waals surface area contributed by atoms with Gasteiger partial charge in [-0.15, -0.1) is 0 Å². The van der Waals surface area contributed by atoms with E-state index in [-0.39, 0.29) is 0 Å². The van der Waals surface area contributed by atoms with E-state index in [9.17, 15) is 0 Å². The van der Waals surface area contributed by atoms with Crippen LogP contribution in [0, 0.1) is 13.8 Å². The fraction of sp³-hybridized carbons (Fsp3) is 0.545. The molecule has 30 heavy (non-hydrogen) atoms. The van der Waals surface area contributed by atoms with E-state index in [1.165, 1.54) is 17.8 Å². The number of pyridine rings is 1. The van der Waals surface area contributed by atoms with Crippen molar-refractivity contribution in [2.75, 3.05) is 49.2 Å². The Hall–Kier alpha value is -2.74. The van der Waals surface area contributed by atoms with Crippen molar-refractivity contribution in [2.45, 2.75) is 38.5 Å². The van der Waals surface area contributed by atoms with Crippen LogP contribution in [0.4, 0.5) is 11.5 Å². The molecular weight excluding hydrogens is 378 g/mol. The van der Waals surface area contributed by atoms with Crippen LogP contribution in [0.1, 0.15) is 47.6 Å². The van der Waals surface area contributed by atoms with Gasteiger partial charge in [0.05, 0.1) is 24.6 Å². The van der Waals surface area contributed by atoms with Crippen LogP contribution in [0.2, 0.25) is 0 Å². The van der Waals surface area contributed by atoms with Crippen LogP contribution < -0.4 is 9.80 Å². The molecule has 0 bridgehead atoms. The number of rotatable bonds is 4. The molecule has 3 aromatic heterocycles. The highest BCUT2D eigenvalue weighted by Crippen LogP contribution is 2.54. The van der Waals surface area contributed by atoms with Gasteiger partial charge in [0.2, 0.25) is 0 Å². The van der Waals surface area contributed by atoms with Gasteiger partial charge in [0.25, 0.3) is 0 Å². The molecule has 8 heteroatoms. The SMILES string of the molecule is Cc1ncc(C)n2nc(C3CC3c3cc(N4CCOCC4)cc(N4CCC4)n3)nc12. The fourth-order valence-corrected chi connectivity index (χ4v) is 4.50. The van der Waals surface area contributed by atoms with E-state index in [1.807, 2.05) is 24.6 Å². The average Bonchev–Trinajstić information content (AvgIpc) is 3.40. The van der Waals surface area contributed by atoms with Gasteiger partial charge >= 0.3 is 0 Å². The van der Waals surface area contributed by atoms with Crippen LogP contribution in [0.3, 0.4) is 0 Å². The van der Waals surface area contributed by atoms with Crippen LogP contribution in [0.5, 0.6) is 0 Å². The maximum absolute atomic E-state index is 5.55. The van der Waals surface area contributed by atoms with Crippen LogP contribution in [0.15, 0.2) is 18.3 Å². The molecule has 1 aliphatic carbocycles. The molecular formula is C22H27N7O. The predicted octanol–water partition coefficient (Wildman–Crippen LogP) is 2.45. The topological polar surface area (TPSA) is 71.7 Å². The van der Waals surface area contributed by atoms with Gasteiger partial charge < -0.3 is 14.5 Å². The minimum absolute atomic E-state index is 0.334. The summed E-state index contributed by atoms with van der Waals surface area (Å²) in [4.78, 5) is 19.1. The minimum atomic E-state index is 0.334. The predicted molar refractivity (Wildman–Crippen MR) is 114 cm³/mol. The number of anilines is 2. The van der Waals surface area contributed by atoms with Gasteiger partial charge in [-0.1, -0.05) is 0 Å². The third-order valence-corrected chi connectivity index (χ3v) is 6.60. The summed E-state index contributed by atoms with van der Waals surface area (Å²) in [6.07, 6.45) is 4.17. The largest absolute Gasteiger partial charge is 0.378 e. The number of aryl methyl sites for hydroxylation is 2. The Kier molecular flexibility index (Phi) is 4.16. The van der Waals surface area contributed by atoms with Crippen molar-refractivity contribution in [3.8, 4) is 0 Å². The van der Waals surface area contributed by atoms with Crippen LogP contribution in [0.25, 0.3) is 5.65 Å². The molecule has 6 rings (SSSR count). The van der Waals surface area contributed by atoms with Crippen molar-refractivity contribution < 1.29 is 4.74 Å². The molecule has 0 aromatic carbocycles. The summed E-state index contributed by atoms with van der Waals surface area (Å²) >= 11 is 0. The molecule has 1 saturated carbocycles. The Balaban J connectivity index is 1.32. The van der Waals surface area contributed by atoms with E-state index < -0.39 is 0 Å². The molecule has 0 radical (unpaired) electrons. The van der Waals surface area contributed by atoms with E-state index in [0.29, 0.717) is 11.8 Å². The van der Waals surface area contributed by atoms with Gasteiger partial charge in [-0.2, -0.15) is 5.10 Å². The standard InChI is InChI=1S/C22H27N7O/c1-14-13-23-15(2)22-25-21(26-29(14)22)18-12-17(18)19-10-16(27-6-8-30-9-7-27)11-20(24-19)28-4-3-5-28/h10-11,13,17-18H,3-9,12H2,1-2H3. The van der Waals surface area contributed by atoms with Gasteiger partial charge in [0.15, 0.2) is 11.5 Å². The summed E-state index contributed by atoms with van der Waals surface area (Å²) in [5, 5.41) is 4.81. The highest BCUT2D eigenvalue weighted by Gasteiger charge is 2.44. The summed E-state index contributed by atoms with van der Waals surface area (Å²) in [5.74, 6) is 2.75. The van der Waals surface area contributed by atoms with Gasteiger partial charge in [-0.05, 0) is 32.8 Å². The first-order chi connectivity index (χ1) is 14.7. The molecule has 5 heterocycles. The van der Waals surface area contributed by atoms with E-state index in [0.717, 1.165) is 74.5 Å². The number of aromatic nitrogens is 5. The summed E-state index contributed by atoms with van der Waals surface area (Å²) in [6.45, 7) is 9.69. The molecule has 3 aromatic rings. The second-order valence-electron chi connectivity index (χ2n) is 8.69. The Labute approximate surface area is 175 Å². The molecule has 2 saturated heterocycles. The molecule has 8 nitrogen and oxygen atoms in total. The lowest BCUT2D eigenvalue weighted by Crippen LogP contribution is -2.39. The number of ether oxygens (including phenoxy) is 1. The lowest BCUT2D eigenvalue weighted by atomic mass is 10.1. The Bertz CT molecular complexity index is 1060. The van der Waals surface area contributed by atoms with Crippen molar-refractivity contribution in [3.63, 3.8) is 0 Å². The molecule has 156 valence electrons. The number of fused-ring (bicyclic) bond motifs is 1. The van der Waals surface area contributed by atoms with Crippen LogP contribution >= 0.6 is 0 Å². The number of hydrogen-bond acceptors (Lipinski definition) is 7. The van der Waals surface area contributed by atoms with Gasteiger partial charge in [0.1, 0.15) is 5.82 Å². The first-order valence-electron chi connectivity index (χ1n) is 11.0. The molecule has 3 aliphatic rings. The number of nitrogens with zero attached hydrogens (tertiary/aromatic N) is 7. The molecule has 2 aliphatic heterocycles. The smallest absolute Gasteiger partial charge is 0.177 e. The molecule has 0 spiro atoms. The Morgan fingerprint density at radius 2 is 1.80 bits per heavy atom. The summed E-state index contributed by atoms with van der Waals surface area (Å²) in [5.41, 5.74) is 5.25. The van der Waals surface area contributed by atoms with Crippen molar-refractivity contribution in [1.29, 1.82) is 0 Å². The highest BCUT2D eigenvalue weighted by molar-refractivity contribution is 5.59. The minimum Gasteiger partial charge on any atom is -0.378 e. The van der Waals surface area contributed by atoms with Crippen molar-refractivity contribution >= 4 is 17.2 Å². The van der Waals surface area contributed by atoms with Gasteiger partial charge in [0, 0.05) is 61.7 Å². The number of morpholine rings is 1. The maximum atomic E-state index is 5.55. The zero-order valence-corrected chi connectivity index (χ0v) is 17.6. The molecule has 0 N–H and O–H groups in total. The summed E-state index contributed by atoms with van der Waals surface area (Å²) < 4.78 is 7.48. The number of hydrogen-bond donors (Lipinski definition) is 0. The van der Waals surface area contributed by atoms with Crippen LogP contribution in [-0.2, 0) is 4.74 Å². The van der Waals surface area contributed by atoms with E-state index >= 15 is 0 Å². The molecule has 2 atom stereocenters. The third-order valence-electron chi connectivity index (χ3n) is 6.60. The lowest BCUT2D eigenvalue weighted by molar-refractivity contribution is 0.122. The summed E-state index contributed by atoms with van der Waals surface area (Å²) in [6, 6.07) is 4.54. The average molecular weight is 406 g/mol. The van der Waals surface area contributed by atoms with Gasteiger partial charge in [-0.3, -0.25) is 4.98 Å². The second kappa shape index (κ2) is 6.91. The fourth-order valence-electron chi connectivity index (χ4n) is 4.50. The maximum Gasteiger partial charge on any atom is 0.177 e. The molecule has 3 fully saturated rings. The molecule has 0 amide bonds. The third kappa shape index (κ3) is 3.01. The van der Waals surface area contributed by atoms with Crippen molar-refractivity contribution in [2.24, 2.45) is 0 Å². The van der Waals surface area contributed by atoms with Crippen molar-refractivity contribution in [1.82, 2.24) is 24.6 Å². The monoisotopic (exact) mass is 405 g/mol. The highest BCUT2D eigenvalue weighted by atomic mass is 16.5. The summed E-state index contributed by atoms with van der Waals surface area (Å²) in [7, 11) is 0. The first kappa shape index (κ1) is 18.1. The first-order valence-corrected chi connectivity index (χ1v) is 11.0. The zero-order chi connectivity index (χ0) is 20.2. The van der Waals surface area contributed by atoms with Gasteiger partial charge in [-0.25, -0.2) is 14.5 Å². The lowest BCUT2D eigenvalue weighted by Gasteiger charge is -2.34. The normalized spacial score (nSPS) is 23.7. The van der Waals surface area contributed by atoms with E-state index in [4.69, 9.17) is 19.8 Å². The van der Waals surface area contributed by atoms with E-state index in [1.54, 1.807) is 0 Å². The Morgan fingerprint density at radius 3 is 2.53 bits per heavy atom. The second-order valence-corrected chi connectivity index (χ2v) is 8.69.